The molecule has 0 aliphatic heterocycles. The number of hydrogen-bond acceptors (Lipinski definition) is 2. The molecule has 3 heteroatoms. The predicted molar refractivity (Wildman–Crippen MR) is 75.4 cm³/mol. The van der Waals surface area contributed by atoms with Crippen LogP contribution in [0.25, 0.3) is 11.3 Å². The third-order valence-electron chi connectivity index (χ3n) is 2.97. The molecule has 3 nitrogen and oxygen atoms in total. The van der Waals surface area contributed by atoms with Gasteiger partial charge in [-0.15, -0.1) is 0 Å². The average molecular weight is 243 g/mol. The van der Waals surface area contributed by atoms with E-state index in [1.807, 2.05) is 12.3 Å². The van der Waals surface area contributed by atoms with E-state index in [9.17, 15) is 0 Å². The van der Waals surface area contributed by atoms with Gasteiger partial charge in [0.1, 0.15) is 0 Å². The molecule has 0 saturated heterocycles. The van der Waals surface area contributed by atoms with Gasteiger partial charge in [0, 0.05) is 23.7 Å². The van der Waals surface area contributed by atoms with Crippen molar-refractivity contribution in [2.75, 3.05) is 6.54 Å². The van der Waals surface area contributed by atoms with Crippen molar-refractivity contribution in [2.45, 2.75) is 33.4 Å². The van der Waals surface area contributed by atoms with Crippen molar-refractivity contribution in [2.24, 2.45) is 0 Å². The van der Waals surface area contributed by atoms with E-state index in [-0.39, 0.29) is 0 Å². The zero-order chi connectivity index (χ0) is 13.0. The van der Waals surface area contributed by atoms with Gasteiger partial charge in [0.25, 0.3) is 0 Å². The highest BCUT2D eigenvalue weighted by molar-refractivity contribution is 5.63. The van der Waals surface area contributed by atoms with Gasteiger partial charge in [-0.3, -0.25) is 4.68 Å². The molecule has 1 heterocycles. The molecule has 1 aromatic carbocycles. The Hall–Kier alpha value is -1.61. The minimum absolute atomic E-state index is 0.371. The minimum atomic E-state index is 0.371. The molecule has 0 spiro atoms. The molecule has 0 radical (unpaired) electrons. The maximum Gasteiger partial charge on any atom is 0.0730 e. The first-order valence-electron chi connectivity index (χ1n) is 6.56. The number of rotatable bonds is 5. The van der Waals surface area contributed by atoms with Gasteiger partial charge in [-0.25, -0.2) is 0 Å². The highest BCUT2D eigenvalue weighted by Gasteiger charge is 2.14. The normalized spacial score (nSPS) is 11.1. The summed E-state index contributed by atoms with van der Waals surface area (Å²) in [6.07, 6.45) is 1.98. The van der Waals surface area contributed by atoms with Crippen LogP contribution in [0.4, 0.5) is 0 Å². The van der Waals surface area contributed by atoms with Gasteiger partial charge in [0.2, 0.25) is 0 Å². The molecule has 96 valence electrons. The fourth-order valence-electron chi connectivity index (χ4n) is 2.09. The summed E-state index contributed by atoms with van der Waals surface area (Å²) in [5, 5.41) is 7.90. The van der Waals surface area contributed by atoms with Crippen molar-refractivity contribution in [3.63, 3.8) is 0 Å². The highest BCUT2D eigenvalue weighted by atomic mass is 15.3. The van der Waals surface area contributed by atoms with Gasteiger partial charge in [0.15, 0.2) is 0 Å². The lowest BCUT2D eigenvalue weighted by Gasteiger charge is -2.13. The second-order valence-electron chi connectivity index (χ2n) is 4.70. The van der Waals surface area contributed by atoms with Crippen molar-refractivity contribution >= 4 is 0 Å². The molecule has 2 rings (SSSR count). The third kappa shape index (κ3) is 2.62. The fraction of sp³-hybridized carbons (Fsp3) is 0.400. The zero-order valence-electron chi connectivity index (χ0n) is 11.4. The first-order chi connectivity index (χ1) is 8.74. The maximum absolute atomic E-state index is 4.52. The van der Waals surface area contributed by atoms with E-state index in [1.165, 1.54) is 16.8 Å². The summed E-state index contributed by atoms with van der Waals surface area (Å²) in [5.74, 6) is 0. The van der Waals surface area contributed by atoms with Gasteiger partial charge >= 0.3 is 0 Å². The summed E-state index contributed by atoms with van der Waals surface area (Å²) >= 11 is 0. The molecule has 0 fully saturated rings. The summed E-state index contributed by atoms with van der Waals surface area (Å²) in [6.45, 7) is 8.29. The standard InChI is InChI=1S/C15H21N3/c1-4-16-10-14-11-17-18(12(2)3)15(14)13-8-6-5-7-9-13/h5-9,11-12,16H,4,10H2,1-3H3. The quantitative estimate of drug-likeness (QED) is 0.873. The Labute approximate surface area is 109 Å². The van der Waals surface area contributed by atoms with Crippen molar-refractivity contribution in [1.82, 2.24) is 15.1 Å². The first kappa shape index (κ1) is 12.8. The van der Waals surface area contributed by atoms with Gasteiger partial charge in [0.05, 0.1) is 11.9 Å². The Morgan fingerprint density at radius 2 is 1.94 bits per heavy atom. The lowest BCUT2D eigenvalue weighted by atomic mass is 10.1. The van der Waals surface area contributed by atoms with E-state index in [4.69, 9.17) is 0 Å². The lowest BCUT2D eigenvalue weighted by Crippen LogP contribution is -2.13. The second kappa shape index (κ2) is 5.83. The van der Waals surface area contributed by atoms with Crippen molar-refractivity contribution < 1.29 is 0 Å². The molecule has 0 aliphatic carbocycles. The van der Waals surface area contributed by atoms with Crippen LogP contribution in [0, 0.1) is 0 Å². The fourth-order valence-corrected chi connectivity index (χ4v) is 2.09. The van der Waals surface area contributed by atoms with E-state index in [1.54, 1.807) is 0 Å². The molecule has 0 aliphatic rings. The summed E-state index contributed by atoms with van der Waals surface area (Å²) in [6, 6.07) is 10.9. The van der Waals surface area contributed by atoms with Crippen LogP contribution in [0.1, 0.15) is 32.4 Å². The summed E-state index contributed by atoms with van der Waals surface area (Å²) in [7, 11) is 0. The smallest absolute Gasteiger partial charge is 0.0730 e. The van der Waals surface area contributed by atoms with Crippen LogP contribution in [0.15, 0.2) is 36.5 Å². The van der Waals surface area contributed by atoms with Crippen molar-refractivity contribution in [3.8, 4) is 11.3 Å². The largest absolute Gasteiger partial charge is 0.313 e. The molecular weight excluding hydrogens is 222 g/mol. The first-order valence-corrected chi connectivity index (χ1v) is 6.56. The number of hydrogen-bond donors (Lipinski definition) is 1. The van der Waals surface area contributed by atoms with E-state index in [0.29, 0.717) is 6.04 Å². The van der Waals surface area contributed by atoms with Crippen LogP contribution >= 0.6 is 0 Å². The maximum atomic E-state index is 4.52. The molecule has 2 aromatic rings. The van der Waals surface area contributed by atoms with Gasteiger partial charge in [-0.2, -0.15) is 5.10 Å². The number of nitrogens with zero attached hydrogens (tertiary/aromatic N) is 2. The van der Waals surface area contributed by atoms with E-state index in [2.05, 4.69) is 60.1 Å². The van der Waals surface area contributed by atoms with Gasteiger partial charge in [-0.05, 0) is 20.4 Å². The molecule has 0 saturated carbocycles. The average Bonchev–Trinajstić information content (AvgIpc) is 2.81. The van der Waals surface area contributed by atoms with Crippen LogP contribution in [0.5, 0.6) is 0 Å². The highest BCUT2D eigenvalue weighted by Crippen LogP contribution is 2.26. The summed E-state index contributed by atoms with van der Waals surface area (Å²) in [4.78, 5) is 0. The Kier molecular flexibility index (Phi) is 4.15. The second-order valence-corrected chi connectivity index (χ2v) is 4.70. The predicted octanol–water partition coefficient (Wildman–Crippen LogP) is 3.24. The molecule has 1 aromatic heterocycles. The third-order valence-corrected chi connectivity index (χ3v) is 2.97. The molecule has 0 unspecified atom stereocenters. The SMILES string of the molecule is CCNCc1cnn(C(C)C)c1-c1ccccc1. The minimum Gasteiger partial charge on any atom is -0.313 e. The van der Waals surface area contributed by atoms with Gasteiger partial charge < -0.3 is 5.32 Å². The van der Waals surface area contributed by atoms with E-state index < -0.39 is 0 Å². The van der Waals surface area contributed by atoms with E-state index in [0.717, 1.165) is 13.1 Å². The summed E-state index contributed by atoms with van der Waals surface area (Å²) < 4.78 is 2.10. The van der Waals surface area contributed by atoms with Crippen LogP contribution < -0.4 is 5.32 Å². The lowest BCUT2D eigenvalue weighted by molar-refractivity contribution is 0.538. The Morgan fingerprint density at radius 1 is 1.22 bits per heavy atom. The number of nitrogens with one attached hydrogen (secondary N) is 1. The molecule has 0 amide bonds. The summed E-state index contributed by atoms with van der Waals surface area (Å²) in [5.41, 5.74) is 3.72. The number of benzene rings is 1. The molecular formula is C15H21N3. The Bertz CT molecular complexity index is 486. The molecule has 1 N–H and O–H groups in total. The van der Waals surface area contributed by atoms with Crippen molar-refractivity contribution in [1.29, 1.82) is 0 Å². The number of aromatic nitrogens is 2. The van der Waals surface area contributed by atoms with Gasteiger partial charge in [-0.1, -0.05) is 37.3 Å². The molecule has 0 atom stereocenters. The Balaban J connectivity index is 2.44. The topological polar surface area (TPSA) is 29.9 Å². The van der Waals surface area contributed by atoms with E-state index >= 15 is 0 Å². The van der Waals surface area contributed by atoms with Crippen LogP contribution in [0.3, 0.4) is 0 Å². The van der Waals surface area contributed by atoms with Crippen LogP contribution in [0.2, 0.25) is 0 Å². The van der Waals surface area contributed by atoms with Crippen molar-refractivity contribution in [3.05, 3.63) is 42.1 Å². The molecule has 18 heavy (non-hydrogen) atoms. The molecule has 0 bridgehead atoms. The van der Waals surface area contributed by atoms with Crippen LogP contribution in [-0.2, 0) is 6.54 Å². The Morgan fingerprint density at radius 3 is 2.56 bits per heavy atom. The monoisotopic (exact) mass is 243 g/mol. The zero-order valence-corrected chi connectivity index (χ0v) is 11.4. The van der Waals surface area contributed by atoms with Crippen LogP contribution in [-0.4, -0.2) is 16.3 Å².